The van der Waals surface area contributed by atoms with Crippen molar-refractivity contribution in [2.24, 2.45) is 0 Å². The van der Waals surface area contributed by atoms with E-state index in [2.05, 4.69) is 5.32 Å². The fraction of sp³-hybridized carbons (Fsp3) is 0.588. The number of halogens is 1. The highest BCUT2D eigenvalue weighted by Crippen LogP contribution is 2.21. The maximum atomic E-state index is 13.2. The summed E-state index contributed by atoms with van der Waals surface area (Å²) >= 11 is 0. The minimum atomic E-state index is -3.86. The van der Waals surface area contributed by atoms with Gasteiger partial charge in [0.05, 0.1) is 5.69 Å². The monoisotopic (exact) mass is 371 g/mol. The molecular weight excluding hydrogens is 345 g/mol. The molecule has 8 heteroatoms. The van der Waals surface area contributed by atoms with E-state index in [1.165, 1.54) is 51.2 Å². The number of rotatable bonds is 6. The number of carbonyl (C=O) groups is 1. The second kappa shape index (κ2) is 8.62. The number of hydrogen-bond acceptors (Lipinski definition) is 3. The Balaban J connectivity index is 2.15. The van der Waals surface area contributed by atoms with E-state index in [0.29, 0.717) is 0 Å². The zero-order valence-corrected chi connectivity index (χ0v) is 15.6. The number of carbonyl (C=O) groups excluding carboxylic acids is 1. The summed E-state index contributed by atoms with van der Waals surface area (Å²) in [5.74, 6) is -0.810. The van der Waals surface area contributed by atoms with Gasteiger partial charge in [0.25, 0.3) is 0 Å². The van der Waals surface area contributed by atoms with Crippen LogP contribution < -0.4 is 9.62 Å². The normalized spacial score (nSPS) is 16.5. The number of nitrogens with one attached hydrogen (secondary N) is 1. The molecule has 0 atom stereocenters. The van der Waals surface area contributed by atoms with Gasteiger partial charge in [0.2, 0.25) is 5.91 Å². The highest BCUT2D eigenvalue weighted by Gasteiger charge is 2.28. The van der Waals surface area contributed by atoms with Crippen molar-refractivity contribution >= 4 is 21.8 Å². The number of hydrogen-bond donors (Lipinski definition) is 1. The molecule has 140 valence electrons. The first-order valence-electron chi connectivity index (χ1n) is 8.56. The van der Waals surface area contributed by atoms with E-state index < -0.39 is 16.0 Å². The quantitative estimate of drug-likeness (QED) is 0.780. The number of amides is 1. The van der Waals surface area contributed by atoms with Crippen molar-refractivity contribution in [2.75, 3.05) is 24.9 Å². The first-order chi connectivity index (χ1) is 11.8. The molecule has 0 unspecified atom stereocenters. The Kier molecular flexibility index (Phi) is 6.78. The average molecular weight is 371 g/mol. The van der Waals surface area contributed by atoms with Crippen molar-refractivity contribution in [3.8, 4) is 0 Å². The van der Waals surface area contributed by atoms with Crippen molar-refractivity contribution in [1.82, 2.24) is 9.62 Å². The van der Waals surface area contributed by atoms with E-state index in [1.807, 2.05) is 0 Å². The predicted molar refractivity (Wildman–Crippen MR) is 96.0 cm³/mol. The van der Waals surface area contributed by atoms with Gasteiger partial charge in [-0.05, 0) is 37.1 Å². The second-order valence-electron chi connectivity index (χ2n) is 6.53. The molecule has 1 aliphatic rings. The first kappa shape index (κ1) is 19.7. The summed E-state index contributed by atoms with van der Waals surface area (Å²) in [4.78, 5) is 12.4. The molecule has 6 nitrogen and oxygen atoms in total. The molecule has 0 aromatic heterocycles. The Bertz CT molecular complexity index is 669. The summed E-state index contributed by atoms with van der Waals surface area (Å²) in [6, 6.07) is 5.16. The summed E-state index contributed by atoms with van der Waals surface area (Å²) in [7, 11) is -1.07. The van der Waals surface area contributed by atoms with Crippen LogP contribution in [0.2, 0.25) is 0 Å². The van der Waals surface area contributed by atoms with Crippen LogP contribution in [0.25, 0.3) is 0 Å². The third kappa shape index (κ3) is 5.40. The molecule has 1 saturated carbocycles. The van der Waals surface area contributed by atoms with Gasteiger partial charge in [0, 0.05) is 20.1 Å². The van der Waals surface area contributed by atoms with Gasteiger partial charge < -0.3 is 5.32 Å². The number of anilines is 1. The number of benzene rings is 1. The van der Waals surface area contributed by atoms with Crippen molar-refractivity contribution in [1.29, 1.82) is 0 Å². The van der Waals surface area contributed by atoms with Crippen molar-refractivity contribution < 1.29 is 17.6 Å². The molecule has 0 saturated heterocycles. The lowest BCUT2D eigenvalue weighted by molar-refractivity contribution is -0.120. The lowest BCUT2D eigenvalue weighted by Gasteiger charge is -2.27. The average Bonchev–Trinajstić information content (AvgIpc) is 2.82. The molecule has 1 fully saturated rings. The summed E-state index contributed by atoms with van der Waals surface area (Å²) < 4.78 is 40.3. The smallest absolute Gasteiger partial charge is 0.304 e. The van der Waals surface area contributed by atoms with Crippen LogP contribution in [-0.2, 0) is 15.0 Å². The van der Waals surface area contributed by atoms with Crippen molar-refractivity contribution in [3.05, 3.63) is 30.1 Å². The van der Waals surface area contributed by atoms with Crippen LogP contribution in [0.15, 0.2) is 24.3 Å². The Morgan fingerprint density at radius 3 is 2.20 bits per heavy atom. The van der Waals surface area contributed by atoms with E-state index in [9.17, 15) is 17.6 Å². The van der Waals surface area contributed by atoms with Gasteiger partial charge in [-0.2, -0.15) is 12.7 Å². The molecule has 0 spiro atoms. The van der Waals surface area contributed by atoms with Gasteiger partial charge in [-0.3, -0.25) is 4.79 Å². The van der Waals surface area contributed by atoms with Gasteiger partial charge in [0.15, 0.2) is 0 Å². The summed E-state index contributed by atoms with van der Waals surface area (Å²) in [5.41, 5.74) is 0.256. The van der Waals surface area contributed by atoms with E-state index in [1.54, 1.807) is 0 Å². The first-order valence-corrected chi connectivity index (χ1v) is 9.95. The highest BCUT2D eigenvalue weighted by atomic mass is 32.2. The van der Waals surface area contributed by atoms with Gasteiger partial charge >= 0.3 is 10.2 Å². The molecule has 1 N–H and O–H groups in total. The molecule has 1 aliphatic carbocycles. The van der Waals surface area contributed by atoms with Crippen LogP contribution in [0.3, 0.4) is 0 Å². The Hall–Kier alpha value is -1.67. The van der Waals surface area contributed by atoms with E-state index in [4.69, 9.17) is 0 Å². The second-order valence-corrected chi connectivity index (χ2v) is 8.60. The molecule has 1 amide bonds. The van der Waals surface area contributed by atoms with Crippen LogP contribution in [-0.4, -0.2) is 45.3 Å². The predicted octanol–water partition coefficient (Wildman–Crippen LogP) is 2.28. The topological polar surface area (TPSA) is 69.7 Å². The van der Waals surface area contributed by atoms with Gasteiger partial charge in [-0.15, -0.1) is 0 Å². The minimum absolute atomic E-state index is 0.0899. The van der Waals surface area contributed by atoms with Gasteiger partial charge in [-0.25, -0.2) is 8.70 Å². The largest absolute Gasteiger partial charge is 0.352 e. The third-order valence-corrected chi connectivity index (χ3v) is 6.18. The zero-order chi connectivity index (χ0) is 18.4. The highest BCUT2D eigenvalue weighted by molar-refractivity contribution is 7.90. The van der Waals surface area contributed by atoms with Crippen LogP contribution in [0.4, 0.5) is 10.1 Å². The molecule has 1 aromatic rings. The van der Waals surface area contributed by atoms with E-state index in [0.717, 1.165) is 34.3 Å². The van der Waals surface area contributed by atoms with Crippen molar-refractivity contribution in [3.63, 3.8) is 0 Å². The minimum Gasteiger partial charge on any atom is -0.352 e. The third-order valence-electron chi connectivity index (χ3n) is 4.36. The SMILES string of the molecule is CN(C)S(=O)(=O)N(CC(=O)NC1CCCCCC1)c1ccc(F)cc1. The van der Waals surface area contributed by atoms with Crippen LogP contribution in [0.5, 0.6) is 0 Å². The maximum Gasteiger partial charge on any atom is 0.304 e. The number of nitrogens with zero attached hydrogens (tertiary/aromatic N) is 2. The van der Waals surface area contributed by atoms with Gasteiger partial charge in [0.1, 0.15) is 12.4 Å². The van der Waals surface area contributed by atoms with Gasteiger partial charge in [-0.1, -0.05) is 25.7 Å². The Morgan fingerprint density at radius 2 is 1.68 bits per heavy atom. The lowest BCUT2D eigenvalue weighted by atomic mass is 10.1. The molecule has 1 aromatic carbocycles. The molecule has 0 aliphatic heterocycles. The van der Waals surface area contributed by atoms with Crippen LogP contribution in [0.1, 0.15) is 38.5 Å². The lowest BCUT2D eigenvalue weighted by Crippen LogP contribution is -2.47. The zero-order valence-electron chi connectivity index (χ0n) is 14.7. The maximum absolute atomic E-state index is 13.2. The molecule has 2 rings (SSSR count). The Morgan fingerprint density at radius 1 is 1.12 bits per heavy atom. The fourth-order valence-electron chi connectivity index (χ4n) is 2.94. The molecular formula is C17H26FN3O3S. The molecule has 25 heavy (non-hydrogen) atoms. The van der Waals surface area contributed by atoms with Crippen LogP contribution in [0, 0.1) is 5.82 Å². The molecule has 0 bridgehead atoms. The van der Waals surface area contributed by atoms with E-state index in [-0.39, 0.29) is 24.2 Å². The summed E-state index contributed by atoms with van der Waals surface area (Å²) in [5, 5.41) is 2.94. The molecule has 0 heterocycles. The van der Waals surface area contributed by atoms with E-state index >= 15 is 0 Å². The summed E-state index contributed by atoms with van der Waals surface area (Å²) in [6.45, 7) is -0.331. The molecule has 0 radical (unpaired) electrons. The Labute approximate surface area is 149 Å². The van der Waals surface area contributed by atoms with Crippen molar-refractivity contribution in [2.45, 2.75) is 44.6 Å². The summed E-state index contributed by atoms with van der Waals surface area (Å²) in [6.07, 6.45) is 6.32. The fourth-order valence-corrected chi connectivity index (χ4v) is 4.00. The van der Waals surface area contributed by atoms with Crippen LogP contribution >= 0.6 is 0 Å². The standard InChI is InChI=1S/C17H26FN3O3S/c1-20(2)25(23,24)21(16-11-9-14(18)10-12-16)13-17(22)19-15-7-5-3-4-6-8-15/h9-12,15H,3-8,13H2,1-2H3,(H,19,22).